The largest absolute Gasteiger partial charge is 0.491 e. The van der Waals surface area contributed by atoms with Gasteiger partial charge in [-0.1, -0.05) is 11.6 Å². The quantitative estimate of drug-likeness (QED) is 0.669. The Morgan fingerprint density at radius 3 is 2.67 bits per heavy atom. The monoisotopic (exact) mass is 317 g/mol. The average Bonchev–Trinajstić information content (AvgIpc) is 2.36. The van der Waals surface area contributed by atoms with E-state index < -0.39 is 17.5 Å². The first-order valence-corrected chi connectivity index (χ1v) is 6.65. The molecule has 0 aliphatic heterocycles. The van der Waals surface area contributed by atoms with E-state index in [-0.39, 0.29) is 29.5 Å². The number of nitrogens with one attached hydrogen (secondary N) is 1. The molecule has 0 fully saturated rings. The van der Waals surface area contributed by atoms with Gasteiger partial charge < -0.3 is 14.8 Å². The number of benzene rings is 1. The van der Waals surface area contributed by atoms with E-state index in [9.17, 15) is 14.0 Å². The number of alkyl carbamates (subject to hydrolysis) is 1. The molecule has 1 N–H and O–H groups in total. The first-order chi connectivity index (χ1) is 9.74. The Hall–Kier alpha value is -1.82. The smallest absolute Gasteiger partial charge is 0.407 e. The van der Waals surface area contributed by atoms with E-state index >= 15 is 0 Å². The minimum atomic E-state index is -0.696. The van der Waals surface area contributed by atoms with Crippen molar-refractivity contribution in [2.45, 2.75) is 26.4 Å². The molecule has 0 bridgehead atoms. The lowest BCUT2D eigenvalue weighted by Gasteiger charge is -2.19. The molecule has 0 atom stereocenters. The average molecular weight is 318 g/mol. The lowest BCUT2D eigenvalue weighted by Crippen LogP contribution is -2.34. The van der Waals surface area contributed by atoms with Crippen molar-refractivity contribution < 1.29 is 23.5 Å². The van der Waals surface area contributed by atoms with Crippen LogP contribution in [0.3, 0.4) is 0 Å². The highest BCUT2D eigenvalue weighted by Gasteiger charge is 2.16. The van der Waals surface area contributed by atoms with Gasteiger partial charge in [0.1, 0.15) is 23.8 Å². The molecule has 1 aromatic rings. The number of hydrogen-bond donors (Lipinski definition) is 1. The van der Waals surface area contributed by atoms with Gasteiger partial charge >= 0.3 is 6.09 Å². The summed E-state index contributed by atoms with van der Waals surface area (Å²) >= 11 is 5.66. The summed E-state index contributed by atoms with van der Waals surface area (Å²) in [5.74, 6) is -0.541. The molecule has 1 rings (SSSR count). The minimum absolute atomic E-state index is 0.0612. The van der Waals surface area contributed by atoms with Crippen molar-refractivity contribution in [2.24, 2.45) is 0 Å². The fourth-order valence-electron chi connectivity index (χ4n) is 1.41. The Morgan fingerprint density at radius 1 is 1.43 bits per heavy atom. The third-order valence-corrected chi connectivity index (χ3v) is 2.62. The van der Waals surface area contributed by atoms with Crippen LogP contribution in [-0.4, -0.2) is 31.1 Å². The molecule has 0 heterocycles. The van der Waals surface area contributed by atoms with Gasteiger partial charge in [-0.15, -0.1) is 0 Å². The lowest BCUT2D eigenvalue weighted by molar-refractivity contribution is 0.0520. The van der Waals surface area contributed by atoms with Crippen LogP contribution >= 0.6 is 11.6 Å². The van der Waals surface area contributed by atoms with E-state index in [1.165, 1.54) is 6.07 Å². The van der Waals surface area contributed by atoms with Gasteiger partial charge in [0.15, 0.2) is 6.29 Å². The number of halogens is 2. The first-order valence-electron chi connectivity index (χ1n) is 6.27. The van der Waals surface area contributed by atoms with Crippen LogP contribution in [0.2, 0.25) is 5.02 Å². The summed E-state index contributed by atoms with van der Waals surface area (Å²) in [6.45, 7) is 5.50. The first kappa shape index (κ1) is 17.2. The molecule has 7 heteroatoms. The maximum Gasteiger partial charge on any atom is 0.407 e. The van der Waals surface area contributed by atoms with Gasteiger partial charge in [-0.05, 0) is 32.9 Å². The molecule has 0 radical (unpaired) electrons. The maximum atomic E-state index is 13.2. The standard InChI is InChI=1S/C14H17ClFNO4/c1-14(2,3)21-13(19)17-6-7-20-11-5-4-10(16)12(15)9(11)8-18/h4-5,8H,6-7H2,1-3H3,(H,17,19). The summed E-state index contributed by atoms with van der Waals surface area (Å²) in [6.07, 6.45) is -0.152. The van der Waals surface area contributed by atoms with Crippen molar-refractivity contribution in [3.63, 3.8) is 0 Å². The molecule has 1 aromatic carbocycles. The zero-order valence-corrected chi connectivity index (χ0v) is 12.8. The Morgan fingerprint density at radius 2 is 2.10 bits per heavy atom. The Bertz CT molecular complexity index is 528. The van der Waals surface area contributed by atoms with E-state index in [2.05, 4.69) is 5.32 Å². The summed E-state index contributed by atoms with van der Waals surface area (Å²) in [5, 5.41) is 2.20. The molecule has 0 aliphatic carbocycles. The number of rotatable bonds is 5. The fraction of sp³-hybridized carbons (Fsp3) is 0.429. The molecular formula is C14H17ClFNO4. The van der Waals surface area contributed by atoms with Crippen molar-refractivity contribution in [3.05, 3.63) is 28.5 Å². The summed E-state index contributed by atoms with van der Waals surface area (Å²) < 4.78 is 23.5. The minimum Gasteiger partial charge on any atom is -0.491 e. The topological polar surface area (TPSA) is 64.6 Å². The lowest BCUT2D eigenvalue weighted by atomic mass is 10.2. The highest BCUT2D eigenvalue weighted by molar-refractivity contribution is 6.33. The SMILES string of the molecule is CC(C)(C)OC(=O)NCCOc1ccc(F)c(Cl)c1C=O. The van der Waals surface area contributed by atoms with Gasteiger partial charge in [0.05, 0.1) is 17.1 Å². The van der Waals surface area contributed by atoms with Crippen LogP contribution in [0.4, 0.5) is 9.18 Å². The number of amides is 1. The second-order valence-electron chi connectivity index (χ2n) is 5.17. The molecule has 0 saturated heterocycles. The van der Waals surface area contributed by atoms with Crippen molar-refractivity contribution in [2.75, 3.05) is 13.2 Å². The second-order valence-corrected chi connectivity index (χ2v) is 5.55. The molecule has 0 spiro atoms. The van der Waals surface area contributed by atoms with E-state index in [1.807, 2.05) is 0 Å². The predicted octanol–water partition coefficient (Wildman–Crippen LogP) is 3.20. The normalized spacial score (nSPS) is 10.9. The Kier molecular flexibility index (Phi) is 5.96. The molecular weight excluding hydrogens is 301 g/mol. The summed E-state index contributed by atoms with van der Waals surface area (Å²) in [4.78, 5) is 22.3. The third kappa shape index (κ3) is 5.59. The zero-order chi connectivity index (χ0) is 16.0. The number of carbonyl (C=O) groups excluding carboxylic acids is 2. The van der Waals surface area contributed by atoms with E-state index in [1.54, 1.807) is 20.8 Å². The van der Waals surface area contributed by atoms with Crippen LogP contribution in [0.1, 0.15) is 31.1 Å². The Balaban J connectivity index is 2.49. The van der Waals surface area contributed by atoms with Crippen LogP contribution in [0.25, 0.3) is 0 Å². The number of carbonyl (C=O) groups is 2. The molecule has 5 nitrogen and oxygen atoms in total. The van der Waals surface area contributed by atoms with Crippen molar-refractivity contribution in [1.29, 1.82) is 0 Å². The molecule has 116 valence electrons. The fourth-order valence-corrected chi connectivity index (χ4v) is 1.61. The molecule has 0 unspecified atom stereocenters. The van der Waals surface area contributed by atoms with Crippen molar-refractivity contribution in [3.8, 4) is 5.75 Å². The zero-order valence-electron chi connectivity index (χ0n) is 12.0. The van der Waals surface area contributed by atoms with Crippen molar-refractivity contribution in [1.82, 2.24) is 5.32 Å². The highest BCUT2D eigenvalue weighted by atomic mass is 35.5. The van der Waals surface area contributed by atoms with Crippen LogP contribution in [-0.2, 0) is 4.74 Å². The summed E-state index contributed by atoms with van der Waals surface area (Å²) in [6, 6.07) is 2.41. The van der Waals surface area contributed by atoms with Gasteiger partial charge in [-0.2, -0.15) is 0 Å². The van der Waals surface area contributed by atoms with E-state index in [4.69, 9.17) is 21.1 Å². The summed E-state index contributed by atoms with van der Waals surface area (Å²) in [5.41, 5.74) is -0.644. The van der Waals surface area contributed by atoms with Gasteiger partial charge in [0, 0.05) is 0 Å². The van der Waals surface area contributed by atoms with Gasteiger partial charge in [0.2, 0.25) is 0 Å². The van der Waals surface area contributed by atoms with Crippen molar-refractivity contribution >= 4 is 24.0 Å². The van der Waals surface area contributed by atoms with Crippen LogP contribution in [0.5, 0.6) is 5.75 Å². The third-order valence-electron chi connectivity index (χ3n) is 2.24. The molecule has 21 heavy (non-hydrogen) atoms. The Labute approximate surface area is 127 Å². The summed E-state index contributed by atoms with van der Waals surface area (Å²) in [7, 11) is 0. The van der Waals surface area contributed by atoms with Crippen LogP contribution in [0, 0.1) is 5.82 Å². The van der Waals surface area contributed by atoms with Gasteiger partial charge in [-0.25, -0.2) is 9.18 Å². The molecule has 0 saturated carbocycles. The van der Waals surface area contributed by atoms with E-state index in [0.717, 1.165) is 6.07 Å². The predicted molar refractivity (Wildman–Crippen MR) is 76.5 cm³/mol. The number of hydrogen-bond acceptors (Lipinski definition) is 4. The molecule has 0 aliphatic rings. The second kappa shape index (κ2) is 7.26. The van der Waals surface area contributed by atoms with Crippen LogP contribution in [0.15, 0.2) is 12.1 Å². The van der Waals surface area contributed by atoms with Crippen LogP contribution < -0.4 is 10.1 Å². The van der Waals surface area contributed by atoms with E-state index in [0.29, 0.717) is 6.29 Å². The molecule has 0 aromatic heterocycles. The molecule has 1 amide bonds. The number of ether oxygens (including phenoxy) is 2. The van der Waals surface area contributed by atoms with Gasteiger partial charge in [-0.3, -0.25) is 4.79 Å². The maximum absolute atomic E-state index is 13.2. The number of aldehydes is 1. The highest BCUT2D eigenvalue weighted by Crippen LogP contribution is 2.27. The van der Waals surface area contributed by atoms with Gasteiger partial charge in [0.25, 0.3) is 0 Å².